The predicted octanol–water partition coefficient (Wildman–Crippen LogP) is 11.3. The molecule has 0 saturated heterocycles. The van der Waals surface area contributed by atoms with Crippen LogP contribution in [0.15, 0.2) is 24.3 Å². The van der Waals surface area contributed by atoms with Gasteiger partial charge in [0.2, 0.25) is 0 Å². The lowest BCUT2D eigenvalue weighted by atomic mass is 10.1. The number of carbonyl (C=O) groups is 3. The fourth-order valence-electron chi connectivity index (χ4n) is 6.21. The Kier molecular flexibility index (Phi) is 34.3. The highest BCUT2D eigenvalue weighted by Gasteiger charge is 2.31. The van der Waals surface area contributed by atoms with Crippen molar-refractivity contribution >= 4 is 17.9 Å². The van der Waals surface area contributed by atoms with Gasteiger partial charge >= 0.3 is 17.9 Å². The van der Waals surface area contributed by atoms with Gasteiger partial charge in [0.15, 0.2) is 12.1 Å². The summed E-state index contributed by atoms with van der Waals surface area (Å²) in [5.74, 6) is -1.51. The molecular weight excluding hydrogens is 654 g/mol. The van der Waals surface area contributed by atoms with Gasteiger partial charge < -0.3 is 23.8 Å². The largest absolute Gasteiger partial charge is 0.477 e. The molecule has 8 heteroatoms. The van der Waals surface area contributed by atoms with Gasteiger partial charge in [-0.25, -0.2) is 4.79 Å². The first kappa shape index (κ1) is 49.8. The van der Waals surface area contributed by atoms with E-state index >= 15 is 0 Å². The van der Waals surface area contributed by atoms with Gasteiger partial charge in [-0.05, 0) is 57.8 Å². The van der Waals surface area contributed by atoms with E-state index in [4.69, 9.17) is 14.2 Å². The number of esters is 2. The molecule has 0 bridgehead atoms. The summed E-state index contributed by atoms with van der Waals surface area (Å²) in [5, 5.41) is 9.59. The second-order valence-electron chi connectivity index (χ2n) is 15.6. The van der Waals surface area contributed by atoms with Crippen LogP contribution in [0, 0.1) is 0 Å². The normalized spacial score (nSPS) is 13.2. The van der Waals surface area contributed by atoms with Gasteiger partial charge in [-0.15, -0.1) is 0 Å². The van der Waals surface area contributed by atoms with Crippen LogP contribution >= 0.6 is 0 Å². The van der Waals surface area contributed by atoms with Crippen molar-refractivity contribution in [3.8, 4) is 0 Å². The summed E-state index contributed by atoms with van der Waals surface area (Å²) >= 11 is 0. The van der Waals surface area contributed by atoms with Gasteiger partial charge in [0.1, 0.15) is 6.61 Å². The average molecular weight is 737 g/mol. The number of rotatable bonds is 38. The monoisotopic (exact) mass is 737 g/mol. The van der Waals surface area contributed by atoms with Crippen LogP contribution in [0.5, 0.6) is 0 Å². The Bertz CT molecular complexity index is 911. The van der Waals surface area contributed by atoms with Crippen molar-refractivity contribution in [1.82, 2.24) is 0 Å². The summed E-state index contributed by atoms with van der Waals surface area (Å²) in [5.41, 5.74) is 0. The summed E-state index contributed by atoms with van der Waals surface area (Å²) in [6.07, 6.45) is 38.1. The Morgan fingerprint density at radius 1 is 0.558 bits per heavy atom. The minimum absolute atomic E-state index is 0.0508. The minimum atomic E-state index is -0.879. The van der Waals surface area contributed by atoms with E-state index in [-0.39, 0.29) is 42.7 Å². The number of aliphatic carboxylic acids is 1. The number of hydrogen-bond acceptors (Lipinski definition) is 6. The van der Waals surface area contributed by atoms with Gasteiger partial charge in [-0.2, -0.15) is 0 Å². The minimum Gasteiger partial charge on any atom is -0.477 e. The number of carboxylic acid groups (broad SMARTS) is 1. The Morgan fingerprint density at radius 2 is 0.981 bits per heavy atom. The molecule has 0 aromatic rings. The number of likely N-dealkylation sites (N-methyl/N-ethyl adjacent to an activating group) is 1. The van der Waals surface area contributed by atoms with Crippen LogP contribution in [0.4, 0.5) is 0 Å². The Morgan fingerprint density at radius 3 is 1.46 bits per heavy atom. The lowest BCUT2D eigenvalue weighted by Gasteiger charge is -2.31. The summed E-state index contributed by atoms with van der Waals surface area (Å²) in [6.45, 7) is 4.67. The SMILES string of the molecule is CCCCCC/C=C/CCCC(=O)OC(COCCC(C(=O)O)[N+](C)(C)C)COC(=O)CCCCCCCCC/C=C/CCCCCCCCCC. The number of carbonyl (C=O) groups excluding carboxylic acids is 2. The molecule has 304 valence electrons. The standard InChI is InChI=1S/C44H81NO7/c1-6-8-10-12-14-16-17-18-19-20-21-22-23-24-25-27-28-30-32-34-42(46)51-39-40(38-50-37-36-41(44(48)49)45(3,4)5)52-43(47)35-33-31-29-26-15-13-11-9-7-2/h20-21,26,29,40-41H,6-19,22-25,27-28,30-39H2,1-5H3/p+1/b21-20+,29-26+. The van der Waals surface area contributed by atoms with E-state index in [1.807, 2.05) is 21.1 Å². The molecule has 0 amide bonds. The molecule has 0 radical (unpaired) electrons. The zero-order chi connectivity index (χ0) is 38.5. The molecule has 0 saturated carbocycles. The van der Waals surface area contributed by atoms with E-state index in [1.54, 1.807) is 0 Å². The molecule has 8 nitrogen and oxygen atoms in total. The van der Waals surface area contributed by atoms with E-state index in [2.05, 4.69) is 38.2 Å². The number of unbranched alkanes of at least 4 members (excludes halogenated alkanes) is 20. The topological polar surface area (TPSA) is 99.1 Å². The van der Waals surface area contributed by atoms with Crippen LogP contribution in [0.2, 0.25) is 0 Å². The van der Waals surface area contributed by atoms with Gasteiger partial charge in [0.25, 0.3) is 0 Å². The molecule has 52 heavy (non-hydrogen) atoms. The molecule has 0 fully saturated rings. The highest BCUT2D eigenvalue weighted by molar-refractivity contribution is 5.72. The second-order valence-corrected chi connectivity index (χ2v) is 15.6. The molecule has 0 aliphatic heterocycles. The van der Waals surface area contributed by atoms with Crippen LogP contribution in [0.1, 0.15) is 187 Å². The number of nitrogens with zero attached hydrogens (tertiary/aromatic N) is 1. The van der Waals surface area contributed by atoms with Gasteiger partial charge in [0.05, 0.1) is 34.4 Å². The van der Waals surface area contributed by atoms with Crippen molar-refractivity contribution in [2.45, 2.75) is 199 Å². The summed E-state index contributed by atoms with van der Waals surface area (Å²) in [7, 11) is 5.51. The number of hydrogen-bond donors (Lipinski definition) is 1. The molecule has 0 rings (SSSR count). The van der Waals surface area contributed by atoms with E-state index in [0.717, 1.165) is 32.1 Å². The quantitative estimate of drug-likeness (QED) is 0.0291. The Labute approximate surface area is 320 Å². The fraction of sp³-hybridized carbons (Fsp3) is 0.841. The molecule has 2 atom stereocenters. The molecule has 0 aliphatic rings. The molecule has 1 N–H and O–H groups in total. The van der Waals surface area contributed by atoms with Gasteiger partial charge in [-0.3, -0.25) is 9.59 Å². The molecule has 0 spiro atoms. The lowest BCUT2D eigenvalue weighted by Crippen LogP contribution is -2.50. The Balaban J connectivity index is 4.27. The summed E-state index contributed by atoms with van der Waals surface area (Å²) < 4.78 is 17.2. The molecule has 2 unspecified atom stereocenters. The maximum atomic E-state index is 12.6. The van der Waals surface area contributed by atoms with Gasteiger partial charge in [0, 0.05) is 19.3 Å². The van der Waals surface area contributed by atoms with Crippen LogP contribution in [-0.4, -0.2) is 80.6 Å². The molecular formula is C44H82NO7+. The first-order valence-corrected chi connectivity index (χ1v) is 21.4. The van der Waals surface area contributed by atoms with Crippen molar-refractivity contribution in [2.24, 2.45) is 0 Å². The summed E-state index contributed by atoms with van der Waals surface area (Å²) in [6, 6.07) is -0.616. The van der Waals surface area contributed by atoms with Crippen molar-refractivity contribution in [2.75, 3.05) is 41.0 Å². The third kappa shape index (κ3) is 33.6. The molecule has 0 aromatic heterocycles. The molecule has 0 heterocycles. The summed E-state index contributed by atoms with van der Waals surface area (Å²) in [4.78, 5) is 36.8. The zero-order valence-electron chi connectivity index (χ0n) is 34.5. The van der Waals surface area contributed by atoms with Crippen molar-refractivity contribution in [3.05, 3.63) is 24.3 Å². The van der Waals surface area contributed by atoms with Gasteiger partial charge in [-0.1, -0.05) is 134 Å². The second kappa shape index (κ2) is 35.8. The maximum absolute atomic E-state index is 12.6. The van der Waals surface area contributed by atoms with Crippen LogP contribution in [0.25, 0.3) is 0 Å². The fourth-order valence-corrected chi connectivity index (χ4v) is 6.21. The van der Waals surface area contributed by atoms with E-state index in [0.29, 0.717) is 19.3 Å². The van der Waals surface area contributed by atoms with Crippen molar-refractivity contribution < 1.29 is 38.2 Å². The van der Waals surface area contributed by atoms with E-state index in [1.165, 1.54) is 116 Å². The van der Waals surface area contributed by atoms with Crippen molar-refractivity contribution in [1.29, 1.82) is 0 Å². The lowest BCUT2D eigenvalue weighted by molar-refractivity contribution is -0.887. The first-order valence-electron chi connectivity index (χ1n) is 21.4. The maximum Gasteiger partial charge on any atom is 0.362 e. The third-order valence-corrected chi connectivity index (χ3v) is 9.57. The number of allylic oxidation sites excluding steroid dienone is 4. The number of ether oxygens (including phenoxy) is 3. The smallest absolute Gasteiger partial charge is 0.362 e. The Hall–Kier alpha value is -2.19. The van der Waals surface area contributed by atoms with Crippen LogP contribution < -0.4 is 0 Å². The number of quaternary nitrogens is 1. The molecule has 0 aromatic carbocycles. The molecule has 0 aliphatic carbocycles. The average Bonchev–Trinajstić information content (AvgIpc) is 3.09. The highest BCUT2D eigenvalue weighted by atomic mass is 16.6. The first-order chi connectivity index (χ1) is 25.1. The van der Waals surface area contributed by atoms with Crippen molar-refractivity contribution in [3.63, 3.8) is 0 Å². The predicted molar refractivity (Wildman–Crippen MR) is 215 cm³/mol. The third-order valence-electron chi connectivity index (χ3n) is 9.57. The van der Waals surface area contributed by atoms with Crippen LogP contribution in [0.3, 0.4) is 0 Å². The van der Waals surface area contributed by atoms with E-state index in [9.17, 15) is 19.5 Å². The van der Waals surface area contributed by atoms with Crippen LogP contribution in [-0.2, 0) is 28.6 Å². The highest BCUT2D eigenvalue weighted by Crippen LogP contribution is 2.14. The van der Waals surface area contributed by atoms with E-state index < -0.39 is 18.1 Å². The zero-order valence-corrected chi connectivity index (χ0v) is 34.5. The number of carboxylic acids is 1.